The molecule has 1 fully saturated rings. The van der Waals surface area contributed by atoms with Crippen LogP contribution in [0.2, 0.25) is 0 Å². The monoisotopic (exact) mass is 291 g/mol. The molecule has 0 saturated carbocycles. The Balaban J connectivity index is 2.74. The van der Waals surface area contributed by atoms with Crippen molar-refractivity contribution in [3.05, 3.63) is 0 Å². The summed E-state index contributed by atoms with van der Waals surface area (Å²) in [7, 11) is -3.81. The molecule has 1 aliphatic heterocycles. The number of hydrogen-bond acceptors (Lipinski definition) is 5. The van der Waals surface area contributed by atoms with Crippen LogP contribution in [0, 0.1) is 0 Å². The fraction of sp³-hybridized carbons (Fsp3) is 0.875. The third-order valence-corrected chi connectivity index (χ3v) is 2.93. The molecule has 1 N–H and O–H groups in total. The molecule has 1 aliphatic rings. The van der Waals surface area contributed by atoms with Crippen molar-refractivity contribution in [3.8, 4) is 0 Å². The normalized spacial score (nSPS) is 25.5. The molecule has 106 valence electrons. The van der Waals surface area contributed by atoms with Crippen LogP contribution in [-0.4, -0.2) is 62.1 Å². The van der Waals surface area contributed by atoms with Gasteiger partial charge in [0.2, 0.25) is 0 Å². The molecule has 18 heavy (non-hydrogen) atoms. The van der Waals surface area contributed by atoms with Gasteiger partial charge < -0.3 is 10.0 Å². The second-order valence-electron chi connectivity index (χ2n) is 3.99. The van der Waals surface area contributed by atoms with Crippen LogP contribution in [0.15, 0.2) is 0 Å². The van der Waals surface area contributed by atoms with Gasteiger partial charge in [-0.3, -0.25) is 8.98 Å². The maximum Gasteiger partial charge on any atom is 0.471 e. The highest BCUT2D eigenvalue weighted by Gasteiger charge is 2.47. The Morgan fingerprint density at radius 2 is 2.06 bits per heavy atom. The van der Waals surface area contributed by atoms with Crippen LogP contribution in [0.3, 0.4) is 0 Å². The number of nitrogens with zero attached hydrogens (tertiary/aromatic N) is 1. The summed E-state index contributed by atoms with van der Waals surface area (Å²) in [5.41, 5.74) is 0. The molecule has 0 spiro atoms. The minimum atomic E-state index is -5.06. The third kappa shape index (κ3) is 4.10. The van der Waals surface area contributed by atoms with E-state index in [2.05, 4.69) is 4.18 Å². The Labute approximate surface area is 101 Å². The quantitative estimate of drug-likeness (QED) is 0.708. The van der Waals surface area contributed by atoms with Crippen LogP contribution >= 0.6 is 0 Å². The molecule has 1 heterocycles. The zero-order valence-electron chi connectivity index (χ0n) is 9.35. The number of carbonyl (C=O) groups excluding carboxylic acids is 1. The van der Waals surface area contributed by atoms with E-state index >= 15 is 0 Å². The van der Waals surface area contributed by atoms with E-state index in [9.17, 15) is 31.5 Å². The van der Waals surface area contributed by atoms with Crippen molar-refractivity contribution in [2.75, 3.05) is 19.4 Å². The van der Waals surface area contributed by atoms with Crippen LogP contribution in [0.5, 0.6) is 0 Å². The number of carbonyl (C=O) groups is 1. The minimum Gasteiger partial charge on any atom is -0.391 e. The first kappa shape index (κ1) is 15.2. The Bertz CT molecular complexity index is 421. The first-order valence-corrected chi connectivity index (χ1v) is 6.72. The Hall–Kier alpha value is -0.870. The first-order valence-electron chi connectivity index (χ1n) is 4.91. The molecule has 0 aromatic heterocycles. The standard InChI is InChI=1S/C8H12F3NO5S/c1-18(15,16)17-4-5-2-6(13)3-12(5)7(14)8(9,10)11/h5-6,13H,2-4H2,1H3/t5-,6+/m0/s1. The summed E-state index contributed by atoms with van der Waals surface area (Å²) < 4.78 is 62.6. The van der Waals surface area contributed by atoms with E-state index in [0.717, 1.165) is 6.26 Å². The van der Waals surface area contributed by atoms with Crippen LogP contribution < -0.4 is 0 Å². The topological polar surface area (TPSA) is 83.9 Å². The van der Waals surface area contributed by atoms with Crippen molar-refractivity contribution in [1.29, 1.82) is 0 Å². The summed E-state index contributed by atoms with van der Waals surface area (Å²) in [5.74, 6) is -2.11. The van der Waals surface area contributed by atoms with Crippen molar-refractivity contribution in [3.63, 3.8) is 0 Å². The molecule has 1 saturated heterocycles. The lowest BCUT2D eigenvalue weighted by atomic mass is 10.2. The molecule has 0 aromatic rings. The molecule has 2 atom stereocenters. The van der Waals surface area contributed by atoms with Gasteiger partial charge in [-0.25, -0.2) is 0 Å². The lowest BCUT2D eigenvalue weighted by molar-refractivity contribution is -0.187. The van der Waals surface area contributed by atoms with E-state index in [-0.39, 0.29) is 6.42 Å². The summed E-state index contributed by atoms with van der Waals surface area (Å²) in [6.45, 7) is -1.09. The highest BCUT2D eigenvalue weighted by atomic mass is 32.2. The lowest BCUT2D eigenvalue weighted by Crippen LogP contribution is -2.45. The van der Waals surface area contributed by atoms with Crippen LogP contribution in [0.25, 0.3) is 0 Å². The fourth-order valence-corrected chi connectivity index (χ4v) is 2.07. The van der Waals surface area contributed by atoms with Crippen molar-refractivity contribution in [2.45, 2.75) is 24.7 Å². The van der Waals surface area contributed by atoms with Crippen molar-refractivity contribution in [2.24, 2.45) is 0 Å². The number of halogens is 3. The van der Waals surface area contributed by atoms with Crippen molar-refractivity contribution in [1.82, 2.24) is 4.90 Å². The summed E-state index contributed by atoms with van der Waals surface area (Å²) in [6, 6.07) is -1.11. The number of likely N-dealkylation sites (tertiary alicyclic amines) is 1. The summed E-state index contributed by atoms with van der Waals surface area (Å²) in [5, 5.41) is 9.25. The van der Waals surface area contributed by atoms with Gasteiger partial charge in [0.1, 0.15) is 0 Å². The zero-order valence-corrected chi connectivity index (χ0v) is 10.2. The number of amides is 1. The third-order valence-electron chi connectivity index (χ3n) is 2.37. The first-order chi connectivity index (χ1) is 8.00. The molecule has 0 unspecified atom stereocenters. The molecule has 0 aromatic carbocycles. The zero-order chi connectivity index (χ0) is 14.1. The van der Waals surface area contributed by atoms with Crippen LogP contribution in [-0.2, 0) is 19.1 Å². The summed E-state index contributed by atoms with van der Waals surface area (Å²) >= 11 is 0. The highest BCUT2D eigenvalue weighted by Crippen LogP contribution is 2.26. The van der Waals surface area contributed by atoms with E-state index in [4.69, 9.17) is 0 Å². The molecular formula is C8H12F3NO5S. The largest absolute Gasteiger partial charge is 0.471 e. The van der Waals surface area contributed by atoms with Crippen LogP contribution in [0.1, 0.15) is 6.42 Å². The second-order valence-corrected chi connectivity index (χ2v) is 5.63. The number of alkyl halides is 3. The predicted octanol–water partition coefficient (Wildman–Crippen LogP) is -0.513. The molecule has 0 radical (unpaired) electrons. The smallest absolute Gasteiger partial charge is 0.391 e. The average Bonchev–Trinajstić information content (AvgIpc) is 2.52. The van der Waals surface area contributed by atoms with Gasteiger partial charge in [-0.15, -0.1) is 0 Å². The van der Waals surface area contributed by atoms with Crippen molar-refractivity contribution >= 4 is 16.0 Å². The Kier molecular flexibility index (Phi) is 4.23. The molecule has 10 heteroatoms. The minimum absolute atomic E-state index is 0.155. The molecular weight excluding hydrogens is 279 g/mol. The average molecular weight is 291 g/mol. The summed E-state index contributed by atoms with van der Waals surface area (Å²) in [4.78, 5) is 11.4. The molecule has 1 amide bonds. The van der Waals surface area contributed by atoms with E-state index in [0.29, 0.717) is 4.90 Å². The number of rotatable bonds is 3. The van der Waals surface area contributed by atoms with Gasteiger partial charge in [-0.2, -0.15) is 21.6 Å². The van der Waals surface area contributed by atoms with E-state index in [1.807, 2.05) is 0 Å². The Morgan fingerprint density at radius 3 is 2.50 bits per heavy atom. The SMILES string of the molecule is CS(=O)(=O)OC[C@@H]1C[C@@H](O)CN1C(=O)C(F)(F)F. The lowest BCUT2D eigenvalue weighted by Gasteiger charge is -2.24. The van der Waals surface area contributed by atoms with Crippen LogP contribution in [0.4, 0.5) is 13.2 Å². The maximum atomic E-state index is 12.2. The van der Waals surface area contributed by atoms with Gasteiger partial charge >= 0.3 is 12.1 Å². The molecule has 0 aliphatic carbocycles. The molecule has 0 bridgehead atoms. The van der Waals surface area contributed by atoms with E-state index in [1.165, 1.54) is 0 Å². The number of hydrogen-bond donors (Lipinski definition) is 1. The van der Waals surface area contributed by atoms with Gasteiger partial charge in [-0.05, 0) is 6.42 Å². The van der Waals surface area contributed by atoms with Gasteiger partial charge in [0.05, 0.1) is 25.0 Å². The molecule has 1 rings (SSSR count). The van der Waals surface area contributed by atoms with Gasteiger partial charge in [0, 0.05) is 6.54 Å². The number of β-amino-alcohol motifs (C(OH)–C–C–N with tert-alkyl or cyclic N) is 1. The highest BCUT2D eigenvalue weighted by molar-refractivity contribution is 7.85. The summed E-state index contributed by atoms with van der Waals surface area (Å²) in [6.07, 6.45) is -5.59. The maximum absolute atomic E-state index is 12.2. The van der Waals surface area contributed by atoms with E-state index < -0.39 is 47.5 Å². The fourth-order valence-electron chi connectivity index (χ4n) is 1.66. The van der Waals surface area contributed by atoms with Gasteiger partial charge in [0.15, 0.2) is 0 Å². The van der Waals surface area contributed by atoms with Gasteiger partial charge in [-0.1, -0.05) is 0 Å². The van der Waals surface area contributed by atoms with Gasteiger partial charge in [0.25, 0.3) is 10.1 Å². The number of aliphatic hydroxyl groups excluding tert-OH is 1. The molecule has 6 nitrogen and oxygen atoms in total. The Morgan fingerprint density at radius 1 is 1.50 bits per heavy atom. The van der Waals surface area contributed by atoms with Crippen molar-refractivity contribution < 1.29 is 35.7 Å². The number of aliphatic hydroxyl groups is 1. The second kappa shape index (κ2) is 5.02. The van der Waals surface area contributed by atoms with E-state index in [1.54, 1.807) is 0 Å². The predicted molar refractivity (Wildman–Crippen MR) is 53.0 cm³/mol.